The van der Waals surface area contributed by atoms with E-state index >= 15 is 0 Å². The molecule has 3 heterocycles. The van der Waals surface area contributed by atoms with Crippen molar-refractivity contribution in [3.05, 3.63) is 65.2 Å². The lowest BCUT2D eigenvalue weighted by Gasteiger charge is -2.32. The van der Waals surface area contributed by atoms with Gasteiger partial charge < -0.3 is 10.2 Å². The van der Waals surface area contributed by atoms with Crippen molar-refractivity contribution >= 4 is 38.4 Å². The molecule has 174 valence electrons. The second-order valence-electron chi connectivity index (χ2n) is 9.31. The number of piperidine rings is 1. The normalized spacial score (nSPS) is 24.4. The Hall–Kier alpha value is -2.32. The first-order chi connectivity index (χ1) is 15.9. The van der Waals surface area contributed by atoms with E-state index < -0.39 is 9.84 Å². The lowest BCUT2D eigenvalue weighted by Crippen LogP contribution is -2.39. The average Bonchev–Trinajstić information content (AvgIpc) is 3.28. The van der Waals surface area contributed by atoms with Crippen molar-refractivity contribution in [2.45, 2.75) is 37.5 Å². The highest BCUT2D eigenvalue weighted by Crippen LogP contribution is 2.35. The van der Waals surface area contributed by atoms with Gasteiger partial charge in [0.25, 0.3) is 5.91 Å². The van der Waals surface area contributed by atoms with Crippen LogP contribution in [0, 0.1) is 12.8 Å². The molecule has 2 saturated heterocycles. The molecule has 2 aromatic carbocycles. The minimum absolute atomic E-state index is 0.000183. The van der Waals surface area contributed by atoms with E-state index in [0.29, 0.717) is 11.5 Å². The Bertz CT molecular complexity index is 1170. The van der Waals surface area contributed by atoms with Gasteiger partial charge in [-0.25, -0.2) is 8.42 Å². The number of sulfone groups is 1. The highest BCUT2D eigenvalue weighted by molar-refractivity contribution is 8.15. The third-order valence-corrected chi connectivity index (χ3v) is 9.95. The van der Waals surface area contributed by atoms with Crippen LogP contribution in [0.2, 0.25) is 0 Å². The number of aryl methyl sites for hydroxylation is 1. The van der Waals surface area contributed by atoms with Crippen LogP contribution >= 0.6 is 11.8 Å². The van der Waals surface area contributed by atoms with Gasteiger partial charge in [-0.15, -0.1) is 0 Å². The Kier molecular flexibility index (Phi) is 6.22. The van der Waals surface area contributed by atoms with Crippen LogP contribution in [0.15, 0.2) is 53.5 Å². The molecule has 0 saturated carbocycles. The zero-order chi connectivity index (χ0) is 23.0. The fourth-order valence-corrected chi connectivity index (χ4v) is 8.56. The van der Waals surface area contributed by atoms with Crippen molar-refractivity contribution in [3.8, 4) is 0 Å². The molecule has 1 amide bonds. The maximum atomic E-state index is 13.2. The zero-order valence-corrected chi connectivity index (χ0v) is 20.4. The summed E-state index contributed by atoms with van der Waals surface area (Å²) in [6, 6.07) is 16.2. The first-order valence-electron chi connectivity index (χ1n) is 11.5. The van der Waals surface area contributed by atoms with Gasteiger partial charge in [0.1, 0.15) is 0 Å². The molecule has 2 fully saturated rings. The van der Waals surface area contributed by atoms with Gasteiger partial charge in [-0.05, 0) is 55.4 Å². The second kappa shape index (κ2) is 9.14. The summed E-state index contributed by atoms with van der Waals surface area (Å²) in [4.78, 5) is 19.7. The number of aliphatic imine (C=N–C) groups is 1. The Morgan fingerprint density at radius 2 is 1.88 bits per heavy atom. The number of rotatable bonds is 4. The molecule has 2 aromatic rings. The largest absolute Gasteiger partial charge is 0.339 e. The van der Waals surface area contributed by atoms with Crippen LogP contribution < -0.4 is 5.32 Å². The molecule has 0 spiro atoms. The van der Waals surface area contributed by atoms with E-state index in [2.05, 4.69) is 34.6 Å². The predicted octanol–water partition coefficient (Wildman–Crippen LogP) is 3.77. The molecule has 1 N–H and O–H groups in total. The van der Waals surface area contributed by atoms with Gasteiger partial charge in [-0.3, -0.25) is 9.79 Å². The van der Waals surface area contributed by atoms with E-state index in [0.717, 1.165) is 48.8 Å². The lowest BCUT2D eigenvalue weighted by atomic mass is 9.90. The molecule has 0 unspecified atom stereocenters. The van der Waals surface area contributed by atoms with Crippen molar-refractivity contribution in [1.29, 1.82) is 0 Å². The standard InChI is InChI=1S/C25H29N3O3S2/c1-17-7-8-20(14-21(17)26-25-27-22-15-33(30,31)16-23(22)32-25)24(29)28-11-9-19(10-12-28)13-18-5-3-2-4-6-18/h2-8,14,19,22-23H,9-13,15-16H2,1H3,(H,26,27)/t22-,23+/m0/s1. The van der Waals surface area contributed by atoms with Gasteiger partial charge in [0, 0.05) is 29.6 Å². The van der Waals surface area contributed by atoms with Crippen molar-refractivity contribution in [3.63, 3.8) is 0 Å². The molecule has 0 aromatic heterocycles. The molecular formula is C25H29N3O3S2. The highest BCUT2D eigenvalue weighted by atomic mass is 32.2. The summed E-state index contributed by atoms with van der Waals surface area (Å²) in [5.74, 6) is 1.01. The Morgan fingerprint density at radius 1 is 1.12 bits per heavy atom. The summed E-state index contributed by atoms with van der Waals surface area (Å²) in [5, 5.41) is 4.09. The maximum absolute atomic E-state index is 13.2. The molecule has 2 atom stereocenters. The van der Waals surface area contributed by atoms with Crippen LogP contribution in [0.5, 0.6) is 0 Å². The third kappa shape index (κ3) is 5.11. The summed E-state index contributed by atoms with van der Waals surface area (Å²) >= 11 is 1.49. The maximum Gasteiger partial charge on any atom is 0.253 e. The first-order valence-corrected chi connectivity index (χ1v) is 14.2. The van der Waals surface area contributed by atoms with E-state index in [1.165, 1.54) is 17.3 Å². The summed E-state index contributed by atoms with van der Waals surface area (Å²) in [6.45, 7) is 3.57. The van der Waals surface area contributed by atoms with E-state index in [-0.39, 0.29) is 28.7 Å². The Balaban J connectivity index is 1.21. The molecule has 3 aliphatic rings. The Morgan fingerprint density at radius 3 is 2.61 bits per heavy atom. The molecule has 3 aliphatic heterocycles. The van der Waals surface area contributed by atoms with Crippen LogP contribution in [0.3, 0.4) is 0 Å². The molecule has 33 heavy (non-hydrogen) atoms. The van der Waals surface area contributed by atoms with Gasteiger partial charge in [0.05, 0.1) is 17.5 Å². The highest BCUT2D eigenvalue weighted by Gasteiger charge is 2.42. The number of hydrogen-bond acceptors (Lipinski definition) is 6. The quantitative estimate of drug-likeness (QED) is 0.716. The topological polar surface area (TPSA) is 78.8 Å². The van der Waals surface area contributed by atoms with Crippen molar-refractivity contribution in [2.75, 3.05) is 29.9 Å². The number of carbonyl (C=O) groups excluding carboxylic acids is 1. The summed E-state index contributed by atoms with van der Waals surface area (Å²) in [6.07, 6.45) is 3.12. The number of hydrogen-bond donors (Lipinski definition) is 1. The van der Waals surface area contributed by atoms with Crippen molar-refractivity contribution in [2.24, 2.45) is 10.9 Å². The summed E-state index contributed by atoms with van der Waals surface area (Å²) in [5.41, 5.74) is 3.93. The number of fused-ring (bicyclic) bond motifs is 1. The molecule has 0 aliphatic carbocycles. The zero-order valence-electron chi connectivity index (χ0n) is 18.7. The van der Waals surface area contributed by atoms with Crippen molar-refractivity contribution in [1.82, 2.24) is 4.90 Å². The number of likely N-dealkylation sites (tertiary alicyclic amines) is 1. The van der Waals surface area contributed by atoms with Gasteiger partial charge in [0.2, 0.25) is 0 Å². The average molecular weight is 484 g/mol. The number of carbonyl (C=O) groups is 1. The van der Waals surface area contributed by atoms with Crippen LogP contribution in [0.1, 0.15) is 34.3 Å². The van der Waals surface area contributed by atoms with Gasteiger partial charge in [0.15, 0.2) is 15.0 Å². The van der Waals surface area contributed by atoms with Gasteiger partial charge >= 0.3 is 0 Å². The number of nitrogens with one attached hydrogen (secondary N) is 1. The minimum Gasteiger partial charge on any atom is -0.339 e. The SMILES string of the molecule is Cc1ccc(C(=O)N2CCC(Cc3ccccc3)CC2)cc1NC1=N[C@H]2CS(=O)(=O)C[C@H]2S1. The first kappa shape index (κ1) is 22.5. The van der Waals surface area contributed by atoms with Crippen LogP contribution in [-0.2, 0) is 16.3 Å². The molecule has 0 radical (unpaired) electrons. The van der Waals surface area contributed by atoms with Gasteiger partial charge in [-0.1, -0.05) is 48.2 Å². The number of thioether (sulfide) groups is 1. The lowest BCUT2D eigenvalue weighted by molar-refractivity contribution is 0.0690. The summed E-state index contributed by atoms with van der Waals surface area (Å²) < 4.78 is 23.6. The Labute approximate surface area is 199 Å². The molecule has 6 nitrogen and oxygen atoms in total. The van der Waals surface area contributed by atoms with Crippen LogP contribution in [0.4, 0.5) is 5.69 Å². The molecule has 0 bridgehead atoms. The fourth-order valence-electron chi connectivity index (χ4n) is 4.89. The van der Waals surface area contributed by atoms with E-state index in [1.807, 2.05) is 36.1 Å². The number of anilines is 1. The smallest absolute Gasteiger partial charge is 0.253 e. The summed E-state index contributed by atoms with van der Waals surface area (Å²) in [7, 11) is -2.97. The number of amidine groups is 1. The number of amides is 1. The predicted molar refractivity (Wildman–Crippen MR) is 135 cm³/mol. The van der Waals surface area contributed by atoms with Gasteiger partial charge in [-0.2, -0.15) is 0 Å². The van der Waals surface area contributed by atoms with E-state index in [4.69, 9.17) is 0 Å². The van der Waals surface area contributed by atoms with E-state index in [9.17, 15) is 13.2 Å². The molecule has 5 rings (SSSR count). The van der Waals surface area contributed by atoms with Crippen molar-refractivity contribution < 1.29 is 13.2 Å². The third-order valence-electron chi connectivity index (χ3n) is 6.81. The second-order valence-corrected chi connectivity index (χ2v) is 12.7. The number of benzene rings is 2. The van der Waals surface area contributed by atoms with Crippen LogP contribution in [0.25, 0.3) is 0 Å². The minimum atomic E-state index is -2.97. The monoisotopic (exact) mass is 483 g/mol. The molecular weight excluding hydrogens is 454 g/mol. The van der Waals surface area contributed by atoms with Crippen LogP contribution in [-0.4, -0.2) is 60.3 Å². The number of nitrogens with zero attached hydrogens (tertiary/aromatic N) is 2. The molecule has 8 heteroatoms. The fraction of sp³-hybridized carbons (Fsp3) is 0.440. The van der Waals surface area contributed by atoms with E-state index in [1.54, 1.807) is 0 Å².